The Morgan fingerprint density at radius 1 is 0.917 bits per heavy atom. The highest BCUT2D eigenvalue weighted by Gasteiger charge is 2.32. The third-order valence-corrected chi connectivity index (χ3v) is 6.95. The standard InChI is InChI=1S/C29H30Cl2N2O3/c30-23-12-8-11-22(17-23)19-33(28(34)20-36-27-16-7-6-15-25(27)31)26(18-21-9-2-1-3-10-21)29(35)32-24-13-4-5-14-24/h1-3,6-12,15-17,24,26H,4-5,13-14,18-20H2,(H,32,35)/t26-/m1/s1. The van der Waals surface area contributed by atoms with Crippen LogP contribution < -0.4 is 10.1 Å². The molecule has 0 unspecified atom stereocenters. The molecule has 4 rings (SSSR count). The third-order valence-electron chi connectivity index (χ3n) is 6.40. The van der Waals surface area contributed by atoms with E-state index in [1.54, 1.807) is 35.2 Å². The van der Waals surface area contributed by atoms with Crippen molar-refractivity contribution in [3.63, 3.8) is 0 Å². The average molecular weight is 525 g/mol. The van der Waals surface area contributed by atoms with Crippen LogP contribution in [0.4, 0.5) is 0 Å². The molecule has 1 atom stereocenters. The van der Waals surface area contributed by atoms with Gasteiger partial charge >= 0.3 is 0 Å². The minimum Gasteiger partial charge on any atom is -0.482 e. The average Bonchev–Trinajstić information content (AvgIpc) is 3.39. The quantitative estimate of drug-likeness (QED) is 0.350. The molecule has 7 heteroatoms. The lowest BCUT2D eigenvalue weighted by Crippen LogP contribution is -2.53. The van der Waals surface area contributed by atoms with Gasteiger partial charge in [-0.3, -0.25) is 9.59 Å². The molecule has 5 nitrogen and oxygen atoms in total. The number of para-hydroxylation sites is 1. The number of benzene rings is 3. The Hall–Kier alpha value is -3.02. The predicted molar refractivity (Wildman–Crippen MR) is 143 cm³/mol. The molecule has 0 aliphatic heterocycles. The summed E-state index contributed by atoms with van der Waals surface area (Å²) in [6.07, 6.45) is 4.51. The number of carbonyl (C=O) groups excluding carboxylic acids is 2. The zero-order valence-corrected chi connectivity index (χ0v) is 21.5. The van der Waals surface area contributed by atoms with Gasteiger partial charge in [0.05, 0.1) is 5.02 Å². The van der Waals surface area contributed by atoms with Crippen LogP contribution in [0.5, 0.6) is 5.75 Å². The Bertz CT molecular complexity index is 1170. The van der Waals surface area contributed by atoms with Crippen molar-refractivity contribution in [3.05, 3.63) is 100 Å². The molecule has 0 heterocycles. The van der Waals surface area contributed by atoms with Gasteiger partial charge in [-0.15, -0.1) is 0 Å². The summed E-state index contributed by atoms with van der Waals surface area (Å²) < 4.78 is 5.77. The van der Waals surface area contributed by atoms with Crippen molar-refractivity contribution in [2.75, 3.05) is 6.61 Å². The number of hydrogen-bond donors (Lipinski definition) is 1. The van der Waals surface area contributed by atoms with E-state index in [-0.39, 0.29) is 31.0 Å². The van der Waals surface area contributed by atoms with Crippen LogP contribution in [0.25, 0.3) is 0 Å². The van der Waals surface area contributed by atoms with Crippen molar-refractivity contribution >= 4 is 35.0 Å². The maximum absolute atomic E-state index is 13.6. The molecular formula is C29H30Cl2N2O3. The van der Waals surface area contributed by atoms with Gasteiger partial charge in [0.25, 0.3) is 5.91 Å². The number of halogens is 2. The molecule has 0 bridgehead atoms. The molecule has 3 aromatic rings. The molecule has 3 aromatic carbocycles. The van der Waals surface area contributed by atoms with Gasteiger partial charge < -0.3 is 15.0 Å². The Morgan fingerprint density at radius 3 is 2.33 bits per heavy atom. The van der Waals surface area contributed by atoms with Crippen LogP contribution in [0.3, 0.4) is 0 Å². The first-order chi connectivity index (χ1) is 17.5. The maximum Gasteiger partial charge on any atom is 0.261 e. The topological polar surface area (TPSA) is 58.6 Å². The lowest BCUT2D eigenvalue weighted by atomic mass is 10.0. The van der Waals surface area contributed by atoms with Gasteiger partial charge in [-0.25, -0.2) is 0 Å². The zero-order valence-electron chi connectivity index (χ0n) is 20.0. The number of ether oxygens (including phenoxy) is 1. The molecule has 1 aliphatic carbocycles. The fourth-order valence-electron chi connectivity index (χ4n) is 4.54. The second-order valence-corrected chi connectivity index (χ2v) is 9.91. The molecule has 188 valence electrons. The van der Waals surface area contributed by atoms with Crippen LogP contribution in [-0.2, 0) is 22.6 Å². The van der Waals surface area contributed by atoms with Crippen molar-refractivity contribution in [1.82, 2.24) is 10.2 Å². The van der Waals surface area contributed by atoms with Gasteiger partial charge in [-0.05, 0) is 48.2 Å². The summed E-state index contributed by atoms with van der Waals surface area (Å²) in [4.78, 5) is 28.9. The number of amides is 2. The second-order valence-electron chi connectivity index (χ2n) is 9.07. The smallest absolute Gasteiger partial charge is 0.261 e. The summed E-state index contributed by atoms with van der Waals surface area (Å²) in [6, 6.07) is 23.5. The van der Waals surface area contributed by atoms with Crippen molar-refractivity contribution in [2.24, 2.45) is 0 Å². The van der Waals surface area contributed by atoms with E-state index in [1.165, 1.54) is 0 Å². The first-order valence-electron chi connectivity index (χ1n) is 12.2. The monoisotopic (exact) mass is 524 g/mol. The number of rotatable bonds is 10. The summed E-state index contributed by atoms with van der Waals surface area (Å²) >= 11 is 12.5. The predicted octanol–water partition coefficient (Wildman–Crippen LogP) is 6.07. The van der Waals surface area contributed by atoms with E-state index in [9.17, 15) is 9.59 Å². The lowest BCUT2D eigenvalue weighted by molar-refractivity contribution is -0.143. The molecular weight excluding hydrogens is 495 g/mol. The minimum absolute atomic E-state index is 0.137. The van der Waals surface area contributed by atoms with Gasteiger partial charge in [0.15, 0.2) is 6.61 Å². The highest BCUT2D eigenvalue weighted by Crippen LogP contribution is 2.24. The molecule has 1 saturated carbocycles. The van der Waals surface area contributed by atoms with Crippen LogP contribution in [0, 0.1) is 0 Å². The Kier molecular flexibility index (Phi) is 9.26. The Balaban J connectivity index is 1.62. The fourth-order valence-corrected chi connectivity index (χ4v) is 4.94. The molecule has 0 aromatic heterocycles. The van der Waals surface area contributed by atoms with E-state index >= 15 is 0 Å². The molecule has 0 spiro atoms. The van der Waals surface area contributed by atoms with E-state index in [2.05, 4.69) is 5.32 Å². The van der Waals surface area contributed by atoms with E-state index in [0.717, 1.165) is 36.8 Å². The highest BCUT2D eigenvalue weighted by atomic mass is 35.5. The molecule has 1 N–H and O–H groups in total. The number of nitrogens with zero attached hydrogens (tertiary/aromatic N) is 1. The summed E-state index contributed by atoms with van der Waals surface area (Å²) in [6.45, 7) is -0.0207. The maximum atomic E-state index is 13.6. The summed E-state index contributed by atoms with van der Waals surface area (Å²) in [5, 5.41) is 4.19. The van der Waals surface area contributed by atoms with Crippen molar-refractivity contribution in [2.45, 2.75) is 50.7 Å². The van der Waals surface area contributed by atoms with E-state index in [4.69, 9.17) is 27.9 Å². The number of nitrogens with one attached hydrogen (secondary N) is 1. The zero-order chi connectivity index (χ0) is 25.3. The Labute approximate surface area is 222 Å². The molecule has 2 amide bonds. The van der Waals surface area contributed by atoms with Crippen LogP contribution in [0.1, 0.15) is 36.8 Å². The Morgan fingerprint density at radius 2 is 1.61 bits per heavy atom. The minimum atomic E-state index is -0.714. The molecule has 0 radical (unpaired) electrons. The molecule has 0 saturated heterocycles. The summed E-state index contributed by atoms with van der Waals surface area (Å²) in [5.74, 6) is -0.0403. The number of carbonyl (C=O) groups is 2. The third kappa shape index (κ3) is 7.25. The van der Waals surface area contributed by atoms with Gasteiger partial charge in [-0.2, -0.15) is 0 Å². The van der Waals surface area contributed by atoms with Crippen LogP contribution in [-0.4, -0.2) is 35.4 Å². The van der Waals surface area contributed by atoms with Crippen LogP contribution in [0.15, 0.2) is 78.9 Å². The highest BCUT2D eigenvalue weighted by molar-refractivity contribution is 6.32. The molecule has 1 aliphatic rings. The molecule has 1 fully saturated rings. The molecule has 36 heavy (non-hydrogen) atoms. The van der Waals surface area contributed by atoms with Crippen molar-refractivity contribution in [3.8, 4) is 5.75 Å². The summed E-state index contributed by atoms with van der Waals surface area (Å²) in [7, 11) is 0. The largest absolute Gasteiger partial charge is 0.482 e. The second kappa shape index (κ2) is 12.8. The fraction of sp³-hybridized carbons (Fsp3) is 0.310. The van der Waals surface area contributed by atoms with Crippen molar-refractivity contribution < 1.29 is 14.3 Å². The van der Waals surface area contributed by atoms with Gasteiger partial charge in [-0.1, -0.05) is 90.6 Å². The van der Waals surface area contributed by atoms with Crippen LogP contribution in [0.2, 0.25) is 10.0 Å². The first-order valence-corrected chi connectivity index (χ1v) is 13.0. The van der Waals surface area contributed by atoms with E-state index < -0.39 is 6.04 Å². The van der Waals surface area contributed by atoms with E-state index in [1.807, 2.05) is 48.5 Å². The SMILES string of the molecule is O=C(NC1CCCC1)[C@@H](Cc1ccccc1)N(Cc1cccc(Cl)c1)C(=O)COc1ccccc1Cl. The van der Waals surface area contributed by atoms with E-state index in [0.29, 0.717) is 22.2 Å². The van der Waals surface area contributed by atoms with Gasteiger partial charge in [0, 0.05) is 24.0 Å². The van der Waals surface area contributed by atoms with Crippen LogP contribution >= 0.6 is 23.2 Å². The first kappa shape index (κ1) is 26.1. The lowest BCUT2D eigenvalue weighted by Gasteiger charge is -2.32. The normalized spacial score (nSPS) is 14.3. The summed E-state index contributed by atoms with van der Waals surface area (Å²) in [5.41, 5.74) is 1.81. The van der Waals surface area contributed by atoms with Gasteiger partial charge in [0.2, 0.25) is 5.91 Å². The van der Waals surface area contributed by atoms with Crippen molar-refractivity contribution in [1.29, 1.82) is 0 Å². The number of hydrogen-bond acceptors (Lipinski definition) is 3. The van der Waals surface area contributed by atoms with Gasteiger partial charge in [0.1, 0.15) is 11.8 Å².